The quantitative estimate of drug-likeness (QED) is 0.935. The van der Waals surface area contributed by atoms with Crippen LogP contribution in [0.5, 0.6) is 0 Å². The summed E-state index contributed by atoms with van der Waals surface area (Å²) in [6.45, 7) is 3.02. The number of fused-ring (bicyclic) bond motifs is 1. The Kier molecular flexibility index (Phi) is 4.32. The fourth-order valence-corrected chi connectivity index (χ4v) is 4.18. The van der Waals surface area contributed by atoms with E-state index in [-0.39, 0.29) is 0 Å². The minimum atomic E-state index is 0.646. The molecule has 0 spiro atoms. The molecule has 0 aromatic carbocycles. The fourth-order valence-electron chi connectivity index (χ4n) is 3.22. The number of aromatic nitrogens is 2. The summed E-state index contributed by atoms with van der Waals surface area (Å²) in [5.74, 6) is 0. The van der Waals surface area contributed by atoms with E-state index in [9.17, 15) is 0 Å². The van der Waals surface area contributed by atoms with Crippen molar-refractivity contribution in [1.29, 1.82) is 0 Å². The Labute approximate surface area is 125 Å². The van der Waals surface area contributed by atoms with E-state index in [1.807, 2.05) is 17.8 Å². The topological polar surface area (TPSA) is 29.3 Å². The van der Waals surface area contributed by atoms with Crippen LogP contribution in [0, 0.1) is 6.92 Å². The van der Waals surface area contributed by atoms with E-state index in [1.165, 1.54) is 31.4 Å². The Morgan fingerprint density at radius 3 is 3.05 bits per heavy atom. The van der Waals surface area contributed by atoms with Gasteiger partial charge in [0.05, 0.1) is 11.4 Å². The molecule has 2 heterocycles. The Bertz CT molecular complexity index is 578. The highest BCUT2D eigenvalue weighted by Crippen LogP contribution is 2.27. The minimum Gasteiger partial charge on any atom is -0.307 e. The summed E-state index contributed by atoms with van der Waals surface area (Å²) in [7, 11) is 0. The Morgan fingerprint density at radius 2 is 2.20 bits per heavy atom. The zero-order chi connectivity index (χ0) is 13.9. The highest BCUT2D eigenvalue weighted by molar-refractivity contribution is 7.99. The van der Waals surface area contributed by atoms with Gasteiger partial charge in [-0.2, -0.15) is 11.8 Å². The summed E-state index contributed by atoms with van der Waals surface area (Å²) in [5.41, 5.74) is 3.48. The second kappa shape index (κ2) is 6.19. The molecule has 3 nitrogen and oxygen atoms in total. The van der Waals surface area contributed by atoms with Crippen molar-refractivity contribution in [1.82, 2.24) is 14.7 Å². The van der Waals surface area contributed by atoms with Crippen molar-refractivity contribution in [3.63, 3.8) is 0 Å². The average molecular weight is 289 g/mol. The number of nitrogens with zero attached hydrogens (tertiary/aromatic N) is 2. The molecule has 1 N–H and O–H groups in total. The van der Waals surface area contributed by atoms with Crippen LogP contribution in [0.4, 0.5) is 0 Å². The summed E-state index contributed by atoms with van der Waals surface area (Å²) in [6, 6.07) is 6.83. The first-order valence-corrected chi connectivity index (χ1v) is 8.77. The maximum absolute atomic E-state index is 4.63. The predicted molar refractivity (Wildman–Crippen MR) is 86.3 cm³/mol. The molecule has 2 aromatic heterocycles. The summed E-state index contributed by atoms with van der Waals surface area (Å²) >= 11 is 2.01. The summed E-state index contributed by atoms with van der Waals surface area (Å²) < 4.78 is 2.21. The van der Waals surface area contributed by atoms with Crippen LogP contribution in [-0.2, 0) is 6.54 Å². The van der Waals surface area contributed by atoms with Gasteiger partial charge < -0.3 is 9.72 Å². The van der Waals surface area contributed by atoms with Crippen LogP contribution >= 0.6 is 11.8 Å². The lowest BCUT2D eigenvalue weighted by molar-refractivity contribution is 0.381. The lowest BCUT2D eigenvalue weighted by Crippen LogP contribution is -2.40. The molecule has 1 aliphatic carbocycles. The molecule has 1 fully saturated rings. The number of rotatable bonds is 4. The van der Waals surface area contributed by atoms with Gasteiger partial charge in [0.1, 0.15) is 5.65 Å². The van der Waals surface area contributed by atoms with Gasteiger partial charge in [0, 0.05) is 24.0 Å². The maximum atomic E-state index is 4.63. The van der Waals surface area contributed by atoms with Gasteiger partial charge in [-0.15, -0.1) is 0 Å². The smallest absolute Gasteiger partial charge is 0.137 e. The number of hydrogen-bond donors (Lipinski definition) is 1. The molecular weight excluding hydrogens is 266 g/mol. The van der Waals surface area contributed by atoms with Crippen molar-refractivity contribution >= 4 is 17.4 Å². The molecule has 2 aromatic rings. The van der Waals surface area contributed by atoms with Crippen molar-refractivity contribution < 1.29 is 0 Å². The Balaban J connectivity index is 1.74. The maximum Gasteiger partial charge on any atom is 0.137 e. The van der Waals surface area contributed by atoms with Gasteiger partial charge in [-0.05, 0) is 38.2 Å². The van der Waals surface area contributed by atoms with Gasteiger partial charge in [0.25, 0.3) is 0 Å². The minimum absolute atomic E-state index is 0.646. The molecular formula is C16H23N3S. The van der Waals surface area contributed by atoms with E-state index >= 15 is 0 Å². The van der Waals surface area contributed by atoms with Crippen molar-refractivity contribution in [2.45, 2.75) is 50.4 Å². The van der Waals surface area contributed by atoms with E-state index < -0.39 is 0 Å². The predicted octanol–water partition coefficient (Wildman–Crippen LogP) is 3.41. The first-order valence-electron chi connectivity index (χ1n) is 7.48. The fraction of sp³-hybridized carbons (Fsp3) is 0.562. The number of pyridine rings is 1. The molecule has 0 amide bonds. The van der Waals surface area contributed by atoms with Crippen LogP contribution in [0.15, 0.2) is 24.4 Å². The van der Waals surface area contributed by atoms with Gasteiger partial charge >= 0.3 is 0 Å². The Morgan fingerprint density at radius 1 is 1.35 bits per heavy atom. The van der Waals surface area contributed by atoms with Gasteiger partial charge in [-0.25, -0.2) is 4.98 Å². The number of thioether (sulfide) groups is 1. The number of aryl methyl sites for hydroxylation is 1. The monoisotopic (exact) mass is 289 g/mol. The van der Waals surface area contributed by atoms with E-state index in [0.29, 0.717) is 6.04 Å². The summed E-state index contributed by atoms with van der Waals surface area (Å²) in [6.07, 6.45) is 9.76. The summed E-state index contributed by atoms with van der Waals surface area (Å²) in [5, 5.41) is 4.54. The molecule has 0 aliphatic heterocycles. The molecule has 0 bridgehead atoms. The van der Waals surface area contributed by atoms with Crippen LogP contribution in [0.3, 0.4) is 0 Å². The zero-order valence-electron chi connectivity index (χ0n) is 12.3. The molecule has 20 heavy (non-hydrogen) atoms. The van der Waals surface area contributed by atoms with Crippen LogP contribution in [-0.4, -0.2) is 26.9 Å². The van der Waals surface area contributed by atoms with Crippen molar-refractivity contribution in [3.05, 3.63) is 35.8 Å². The SMILES string of the molecule is CSC1CCCCC1NCc1c(C)nc2ccccn12. The van der Waals surface area contributed by atoms with Gasteiger partial charge in [-0.1, -0.05) is 18.9 Å². The van der Waals surface area contributed by atoms with Crippen molar-refractivity contribution in [2.75, 3.05) is 6.26 Å². The normalized spacial score (nSPS) is 23.3. The van der Waals surface area contributed by atoms with Crippen LogP contribution in [0.2, 0.25) is 0 Å². The molecule has 3 rings (SSSR count). The highest BCUT2D eigenvalue weighted by atomic mass is 32.2. The first-order chi connectivity index (χ1) is 9.79. The highest BCUT2D eigenvalue weighted by Gasteiger charge is 2.24. The third-order valence-electron chi connectivity index (χ3n) is 4.37. The van der Waals surface area contributed by atoms with E-state index in [1.54, 1.807) is 0 Å². The van der Waals surface area contributed by atoms with Gasteiger partial charge in [0.2, 0.25) is 0 Å². The van der Waals surface area contributed by atoms with Crippen LogP contribution in [0.25, 0.3) is 5.65 Å². The second-order valence-electron chi connectivity index (χ2n) is 5.62. The molecule has 2 unspecified atom stereocenters. The number of nitrogens with one attached hydrogen (secondary N) is 1. The molecule has 0 saturated heterocycles. The zero-order valence-corrected chi connectivity index (χ0v) is 13.1. The third kappa shape index (κ3) is 2.72. The molecule has 1 aliphatic rings. The first kappa shape index (κ1) is 14.0. The van der Waals surface area contributed by atoms with Crippen LogP contribution in [0.1, 0.15) is 37.1 Å². The van der Waals surface area contributed by atoms with Gasteiger partial charge in [0.15, 0.2) is 0 Å². The van der Waals surface area contributed by atoms with E-state index in [0.717, 1.165) is 23.1 Å². The lowest BCUT2D eigenvalue weighted by Gasteiger charge is -2.31. The van der Waals surface area contributed by atoms with Gasteiger partial charge in [-0.3, -0.25) is 0 Å². The summed E-state index contributed by atoms with van der Waals surface area (Å²) in [4.78, 5) is 4.63. The lowest BCUT2D eigenvalue weighted by atomic mass is 9.95. The number of imidazole rings is 1. The van der Waals surface area contributed by atoms with Crippen molar-refractivity contribution in [3.8, 4) is 0 Å². The van der Waals surface area contributed by atoms with Crippen LogP contribution < -0.4 is 5.32 Å². The molecule has 108 valence electrons. The molecule has 4 heteroatoms. The van der Waals surface area contributed by atoms with Crippen molar-refractivity contribution in [2.24, 2.45) is 0 Å². The number of hydrogen-bond acceptors (Lipinski definition) is 3. The Hall–Kier alpha value is -1.00. The largest absolute Gasteiger partial charge is 0.307 e. The van der Waals surface area contributed by atoms with E-state index in [2.05, 4.69) is 46.2 Å². The second-order valence-corrected chi connectivity index (χ2v) is 6.70. The molecule has 1 saturated carbocycles. The average Bonchev–Trinajstić information content (AvgIpc) is 2.81. The molecule has 2 atom stereocenters. The van der Waals surface area contributed by atoms with E-state index in [4.69, 9.17) is 0 Å². The standard InChI is InChI=1S/C16H23N3S/c1-12-14(19-10-6-5-9-16(19)18-12)11-17-13-7-3-4-8-15(13)20-2/h5-6,9-10,13,15,17H,3-4,7-8,11H2,1-2H3. The third-order valence-corrected chi connectivity index (χ3v) is 5.54. The molecule has 0 radical (unpaired) electrons.